The fourth-order valence-corrected chi connectivity index (χ4v) is 5.32. The molecule has 3 heterocycles. The van der Waals surface area contributed by atoms with Crippen molar-refractivity contribution < 1.29 is 9.21 Å². The molecule has 0 bridgehead atoms. The van der Waals surface area contributed by atoms with Gasteiger partial charge in [0.25, 0.3) is 11.1 Å². The van der Waals surface area contributed by atoms with E-state index in [1.807, 2.05) is 17.5 Å². The number of nitrogens with one attached hydrogen (secondary N) is 1. The standard InChI is InChI=1S/C18H19N3O2S3/c1-11-4-5-14-12(7-11)8-15(26-14)17-20-21-18(23-17)25-10-16(22)19-9-13-3-2-6-24-13/h2-3,6,8,11H,4-5,7,9-10H2,1H3,(H,19,22)/t11-/m1/s1. The lowest BCUT2D eigenvalue weighted by atomic mass is 9.90. The molecular formula is C18H19N3O2S3. The number of amides is 1. The summed E-state index contributed by atoms with van der Waals surface area (Å²) in [5.41, 5.74) is 1.42. The number of thioether (sulfide) groups is 1. The Kier molecular flexibility index (Phi) is 5.42. The molecule has 0 unspecified atom stereocenters. The minimum atomic E-state index is -0.0382. The Hall–Kier alpha value is -1.64. The molecule has 1 atom stereocenters. The summed E-state index contributed by atoms with van der Waals surface area (Å²) in [7, 11) is 0. The number of carbonyl (C=O) groups is 1. The SMILES string of the molecule is C[C@@H]1CCc2sc(-c3nnc(SCC(=O)NCc4cccs4)o3)cc2C1. The van der Waals surface area contributed by atoms with E-state index < -0.39 is 0 Å². The number of aryl methyl sites for hydroxylation is 1. The van der Waals surface area contributed by atoms with Crippen LogP contribution < -0.4 is 5.32 Å². The van der Waals surface area contributed by atoms with Gasteiger partial charge in [0, 0.05) is 9.75 Å². The van der Waals surface area contributed by atoms with E-state index in [1.165, 1.54) is 28.6 Å². The molecule has 0 aliphatic heterocycles. The van der Waals surface area contributed by atoms with Crippen LogP contribution in [-0.2, 0) is 24.2 Å². The fourth-order valence-electron chi connectivity index (χ4n) is 2.96. The van der Waals surface area contributed by atoms with Gasteiger partial charge >= 0.3 is 0 Å². The van der Waals surface area contributed by atoms with E-state index in [2.05, 4.69) is 28.5 Å². The lowest BCUT2D eigenvalue weighted by Crippen LogP contribution is -2.24. The number of hydrogen-bond acceptors (Lipinski definition) is 7. The summed E-state index contributed by atoms with van der Waals surface area (Å²) in [6.45, 7) is 2.86. The number of thiophene rings is 2. The second-order valence-corrected chi connectivity index (χ2v) is 9.52. The van der Waals surface area contributed by atoms with E-state index >= 15 is 0 Å². The van der Waals surface area contributed by atoms with Gasteiger partial charge in [-0.15, -0.1) is 32.9 Å². The Morgan fingerprint density at radius 2 is 2.38 bits per heavy atom. The van der Waals surface area contributed by atoms with Crippen molar-refractivity contribution in [3.63, 3.8) is 0 Å². The molecule has 0 aromatic carbocycles. The van der Waals surface area contributed by atoms with Crippen molar-refractivity contribution in [2.45, 2.75) is 38.0 Å². The van der Waals surface area contributed by atoms with Crippen molar-refractivity contribution in [1.29, 1.82) is 0 Å². The zero-order chi connectivity index (χ0) is 17.9. The molecule has 3 aromatic heterocycles. The molecule has 0 radical (unpaired) electrons. The first-order valence-corrected chi connectivity index (χ1v) is 11.2. The molecule has 1 aliphatic rings. The molecule has 3 aromatic rings. The highest BCUT2D eigenvalue weighted by atomic mass is 32.2. The third-order valence-electron chi connectivity index (χ3n) is 4.31. The number of nitrogens with zero attached hydrogens (tertiary/aromatic N) is 2. The highest BCUT2D eigenvalue weighted by molar-refractivity contribution is 7.99. The maximum Gasteiger partial charge on any atom is 0.277 e. The number of rotatable bonds is 6. The van der Waals surface area contributed by atoms with Crippen molar-refractivity contribution in [3.05, 3.63) is 38.9 Å². The van der Waals surface area contributed by atoms with Gasteiger partial charge < -0.3 is 9.73 Å². The monoisotopic (exact) mass is 405 g/mol. The summed E-state index contributed by atoms with van der Waals surface area (Å²) in [4.78, 5) is 15.6. The molecule has 0 fully saturated rings. The van der Waals surface area contributed by atoms with E-state index in [0.29, 0.717) is 17.7 Å². The van der Waals surface area contributed by atoms with Gasteiger partial charge in [-0.3, -0.25) is 4.79 Å². The Labute approximate surface area is 164 Å². The zero-order valence-electron chi connectivity index (χ0n) is 14.4. The molecule has 5 nitrogen and oxygen atoms in total. The van der Waals surface area contributed by atoms with Gasteiger partial charge in [0.15, 0.2) is 0 Å². The van der Waals surface area contributed by atoms with Crippen LogP contribution in [0.15, 0.2) is 33.2 Å². The van der Waals surface area contributed by atoms with Crippen LogP contribution in [0.1, 0.15) is 28.7 Å². The first-order chi connectivity index (χ1) is 12.7. The van der Waals surface area contributed by atoms with E-state index in [9.17, 15) is 4.79 Å². The van der Waals surface area contributed by atoms with E-state index in [4.69, 9.17) is 4.42 Å². The largest absolute Gasteiger partial charge is 0.410 e. The van der Waals surface area contributed by atoms with E-state index in [-0.39, 0.29) is 11.7 Å². The Morgan fingerprint density at radius 1 is 1.46 bits per heavy atom. The minimum absolute atomic E-state index is 0.0382. The number of aromatic nitrogens is 2. The number of hydrogen-bond donors (Lipinski definition) is 1. The number of fused-ring (bicyclic) bond motifs is 1. The fraction of sp³-hybridized carbons (Fsp3) is 0.389. The molecule has 136 valence electrons. The van der Waals surface area contributed by atoms with Crippen LogP contribution in [0.2, 0.25) is 0 Å². The van der Waals surface area contributed by atoms with Crippen LogP contribution in [0.25, 0.3) is 10.8 Å². The first kappa shape index (κ1) is 17.8. The van der Waals surface area contributed by atoms with Crippen molar-refractivity contribution in [3.8, 4) is 10.8 Å². The van der Waals surface area contributed by atoms with Crippen LogP contribution in [0.3, 0.4) is 0 Å². The predicted octanol–water partition coefficient (Wildman–Crippen LogP) is 4.39. The van der Waals surface area contributed by atoms with Gasteiger partial charge in [0.05, 0.1) is 17.2 Å². The van der Waals surface area contributed by atoms with Crippen LogP contribution >= 0.6 is 34.4 Å². The molecule has 8 heteroatoms. The third kappa shape index (κ3) is 4.19. The summed E-state index contributed by atoms with van der Waals surface area (Å²) >= 11 is 4.65. The van der Waals surface area contributed by atoms with Gasteiger partial charge in [-0.2, -0.15) is 0 Å². The Morgan fingerprint density at radius 3 is 3.23 bits per heavy atom. The lowest BCUT2D eigenvalue weighted by Gasteiger charge is -2.16. The summed E-state index contributed by atoms with van der Waals surface area (Å²) in [6.07, 6.45) is 3.52. The molecule has 0 saturated heterocycles. The van der Waals surface area contributed by atoms with Crippen molar-refractivity contribution in [1.82, 2.24) is 15.5 Å². The molecule has 4 rings (SSSR count). The van der Waals surface area contributed by atoms with Gasteiger partial charge in [-0.05, 0) is 48.3 Å². The van der Waals surface area contributed by atoms with Crippen molar-refractivity contribution in [2.24, 2.45) is 5.92 Å². The van der Waals surface area contributed by atoms with Gasteiger partial charge in [0.1, 0.15) is 0 Å². The molecule has 1 aliphatic carbocycles. The van der Waals surface area contributed by atoms with Crippen molar-refractivity contribution in [2.75, 3.05) is 5.75 Å². The normalized spacial score (nSPS) is 16.4. The second kappa shape index (κ2) is 7.94. The summed E-state index contributed by atoms with van der Waals surface area (Å²) in [6, 6.07) is 6.17. The highest BCUT2D eigenvalue weighted by Gasteiger charge is 2.21. The van der Waals surface area contributed by atoms with Gasteiger partial charge in [-0.25, -0.2) is 0 Å². The smallest absolute Gasteiger partial charge is 0.277 e. The molecule has 0 saturated carbocycles. The molecule has 1 amide bonds. The van der Waals surface area contributed by atoms with Crippen LogP contribution in [0.5, 0.6) is 0 Å². The summed E-state index contributed by atoms with van der Waals surface area (Å²) in [5, 5.41) is 13.6. The van der Waals surface area contributed by atoms with Crippen molar-refractivity contribution >= 4 is 40.3 Å². The van der Waals surface area contributed by atoms with Crippen LogP contribution in [-0.4, -0.2) is 21.9 Å². The van der Waals surface area contributed by atoms with Crippen LogP contribution in [0, 0.1) is 5.92 Å². The first-order valence-electron chi connectivity index (χ1n) is 8.54. The zero-order valence-corrected chi connectivity index (χ0v) is 16.8. The predicted molar refractivity (Wildman–Crippen MR) is 106 cm³/mol. The minimum Gasteiger partial charge on any atom is -0.410 e. The van der Waals surface area contributed by atoms with E-state index in [1.54, 1.807) is 22.7 Å². The highest BCUT2D eigenvalue weighted by Crippen LogP contribution is 2.37. The molecule has 0 spiro atoms. The second-order valence-electron chi connectivity index (χ2n) is 6.42. The molecule has 26 heavy (non-hydrogen) atoms. The average molecular weight is 406 g/mol. The van der Waals surface area contributed by atoms with E-state index in [0.717, 1.165) is 28.5 Å². The topological polar surface area (TPSA) is 68.0 Å². The summed E-state index contributed by atoms with van der Waals surface area (Å²) in [5.74, 6) is 1.53. The maximum absolute atomic E-state index is 11.9. The quantitative estimate of drug-likeness (QED) is 0.616. The maximum atomic E-state index is 11.9. The lowest BCUT2D eigenvalue weighted by molar-refractivity contribution is -0.118. The molecular weight excluding hydrogens is 386 g/mol. The third-order valence-corrected chi connectivity index (χ3v) is 7.23. The molecule has 1 N–H and O–H groups in total. The number of carbonyl (C=O) groups excluding carboxylic acids is 1. The Bertz CT molecular complexity index is 886. The Balaban J connectivity index is 1.32. The average Bonchev–Trinajstić information content (AvgIpc) is 3.36. The van der Waals surface area contributed by atoms with Gasteiger partial charge in [-0.1, -0.05) is 24.8 Å². The van der Waals surface area contributed by atoms with Crippen LogP contribution in [0.4, 0.5) is 0 Å². The summed E-state index contributed by atoms with van der Waals surface area (Å²) < 4.78 is 5.75. The van der Waals surface area contributed by atoms with Gasteiger partial charge in [0.2, 0.25) is 5.91 Å².